The van der Waals surface area contributed by atoms with Crippen molar-refractivity contribution in [2.75, 3.05) is 0 Å². The van der Waals surface area contributed by atoms with E-state index in [1.165, 1.54) is 5.56 Å². The minimum atomic E-state index is -0.413. The van der Waals surface area contributed by atoms with Gasteiger partial charge in [0.1, 0.15) is 6.04 Å². The molecular formula is C17H20N4O2. The third-order valence-corrected chi connectivity index (χ3v) is 4.01. The van der Waals surface area contributed by atoms with E-state index in [-0.39, 0.29) is 17.9 Å². The van der Waals surface area contributed by atoms with E-state index in [0.29, 0.717) is 19.4 Å². The molecule has 1 aromatic heterocycles. The fourth-order valence-corrected chi connectivity index (χ4v) is 2.67. The van der Waals surface area contributed by atoms with Crippen LogP contribution in [0.5, 0.6) is 0 Å². The van der Waals surface area contributed by atoms with Crippen molar-refractivity contribution in [3.63, 3.8) is 0 Å². The molecule has 23 heavy (non-hydrogen) atoms. The van der Waals surface area contributed by atoms with Gasteiger partial charge in [-0.2, -0.15) is 5.10 Å². The van der Waals surface area contributed by atoms with Gasteiger partial charge in [-0.1, -0.05) is 30.3 Å². The normalized spacial score (nSPS) is 18.5. The van der Waals surface area contributed by atoms with Crippen LogP contribution in [0.25, 0.3) is 0 Å². The number of nitrogens with one attached hydrogen (secondary N) is 2. The number of hydrogen-bond donors (Lipinski definition) is 2. The zero-order valence-corrected chi connectivity index (χ0v) is 13.0. The van der Waals surface area contributed by atoms with Gasteiger partial charge >= 0.3 is 0 Å². The quantitative estimate of drug-likeness (QED) is 0.876. The molecule has 6 heteroatoms. The molecule has 2 aromatic rings. The molecule has 1 aliphatic heterocycles. The van der Waals surface area contributed by atoms with E-state index in [4.69, 9.17) is 0 Å². The highest BCUT2D eigenvalue weighted by atomic mass is 16.2. The van der Waals surface area contributed by atoms with Crippen molar-refractivity contribution in [1.29, 1.82) is 0 Å². The molecule has 0 bridgehead atoms. The van der Waals surface area contributed by atoms with Crippen LogP contribution in [0.4, 0.5) is 0 Å². The molecule has 1 fully saturated rings. The number of benzene rings is 1. The minimum Gasteiger partial charge on any atom is -0.348 e. The third-order valence-electron chi connectivity index (χ3n) is 4.01. The summed E-state index contributed by atoms with van der Waals surface area (Å²) in [6.45, 7) is 2.61. The third kappa shape index (κ3) is 3.77. The van der Waals surface area contributed by atoms with Crippen LogP contribution in [-0.2, 0) is 16.1 Å². The van der Waals surface area contributed by atoms with E-state index in [1.54, 1.807) is 6.20 Å². The Labute approximate surface area is 134 Å². The highest BCUT2D eigenvalue weighted by molar-refractivity contribution is 5.90. The molecule has 2 heterocycles. The van der Waals surface area contributed by atoms with Gasteiger partial charge in [0.15, 0.2) is 0 Å². The molecule has 1 aromatic carbocycles. The molecule has 2 unspecified atom stereocenters. The van der Waals surface area contributed by atoms with Crippen molar-refractivity contribution in [2.45, 2.75) is 38.4 Å². The van der Waals surface area contributed by atoms with Gasteiger partial charge in [0.05, 0.1) is 18.8 Å². The Balaban J connectivity index is 1.59. The van der Waals surface area contributed by atoms with Gasteiger partial charge in [-0.05, 0) is 18.9 Å². The molecule has 6 nitrogen and oxygen atoms in total. The van der Waals surface area contributed by atoms with E-state index in [9.17, 15) is 9.59 Å². The predicted molar refractivity (Wildman–Crippen MR) is 85.5 cm³/mol. The molecule has 0 saturated carbocycles. The highest BCUT2D eigenvalue weighted by Crippen LogP contribution is 2.14. The first-order chi connectivity index (χ1) is 11.1. The average Bonchev–Trinajstić information content (AvgIpc) is 3.17. The van der Waals surface area contributed by atoms with Crippen molar-refractivity contribution in [2.24, 2.45) is 0 Å². The Morgan fingerprint density at radius 3 is 2.91 bits per heavy atom. The monoisotopic (exact) mass is 312 g/mol. The van der Waals surface area contributed by atoms with Crippen LogP contribution in [0.15, 0.2) is 42.7 Å². The number of hydrogen-bond acceptors (Lipinski definition) is 3. The van der Waals surface area contributed by atoms with Gasteiger partial charge in [-0.25, -0.2) is 0 Å². The molecule has 2 atom stereocenters. The number of carbonyl (C=O) groups is 2. The second kappa shape index (κ2) is 6.64. The van der Waals surface area contributed by atoms with E-state index in [2.05, 4.69) is 27.9 Å². The zero-order valence-electron chi connectivity index (χ0n) is 13.0. The number of nitrogens with zero attached hydrogens (tertiary/aromatic N) is 2. The molecule has 120 valence electrons. The summed E-state index contributed by atoms with van der Waals surface area (Å²) in [4.78, 5) is 23.3. The molecule has 2 N–H and O–H groups in total. The fourth-order valence-electron chi connectivity index (χ4n) is 2.67. The van der Waals surface area contributed by atoms with Crippen LogP contribution in [-0.4, -0.2) is 27.6 Å². The summed E-state index contributed by atoms with van der Waals surface area (Å²) in [6.07, 6.45) is 4.68. The summed E-state index contributed by atoms with van der Waals surface area (Å²) in [5, 5.41) is 9.95. The van der Waals surface area contributed by atoms with E-state index < -0.39 is 6.04 Å². The predicted octanol–water partition coefficient (Wildman–Crippen LogP) is 1.39. The zero-order chi connectivity index (χ0) is 16.2. The van der Waals surface area contributed by atoms with Crippen molar-refractivity contribution < 1.29 is 9.59 Å². The Hall–Kier alpha value is -2.63. The lowest BCUT2D eigenvalue weighted by molar-refractivity contribution is -0.126. The van der Waals surface area contributed by atoms with Crippen LogP contribution < -0.4 is 10.6 Å². The summed E-state index contributed by atoms with van der Waals surface area (Å²) in [7, 11) is 0. The van der Waals surface area contributed by atoms with Crippen LogP contribution in [0.2, 0.25) is 0 Å². The van der Waals surface area contributed by atoms with Crippen LogP contribution >= 0.6 is 0 Å². The smallest absolute Gasteiger partial charge is 0.243 e. The summed E-state index contributed by atoms with van der Waals surface area (Å²) in [5.74, 6) is -0.201. The molecule has 3 rings (SSSR count). The largest absolute Gasteiger partial charge is 0.348 e. The Bertz CT molecular complexity index is 696. The van der Waals surface area contributed by atoms with Crippen molar-refractivity contribution in [3.8, 4) is 0 Å². The molecule has 2 amide bonds. The lowest BCUT2D eigenvalue weighted by Gasteiger charge is -2.15. The van der Waals surface area contributed by atoms with Gasteiger partial charge in [-0.15, -0.1) is 0 Å². The number of amides is 2. The van der Waals surface area contributed by atoms with Crippen LogP contribution in [0.3, 0.4) is 0 Å². The number of aromatic nitrogens is 2. The Morgan fingerprint density at radius 2 is 2.22 bits per heavy atom. The average molecular weight is 312 g/mol. The van der Waals surface area contributed by atoms with Crippen LogP contribution in [0, 0.1) is 0 Å². The number of carbonyl (C=O) groups excluding carboxylic acids is 2. The van der Waals surface area contributed by atoms with Crippen LogP contribution in [0.1, 0.15) is 36.9 Å². The van der Waals surface area contributed by atoms with Gasteiger partial charge < -0.3 is 10.6 Å². The second-order valence-electron chi connectivity index (χ2n) is 5.85. The highest BCUT2D eigenvalue weighted by Gasteiger charge is 2.28. The van der Waals surface area contributed by atoms with E-state index in [1.807, 2.05) is 36.0 Å². The summed E-state index contributed by atoms with van der Waals surface area (Å²) < 4.78 is 1.85. The topological polar surface area (TPSA) is 76.0 Å². The van der Waals surface area contributed by atoms with Gasteiger partial charge in [-0.3, -0.25) is 14.3 Å². The molecule has 0 radical (unpaired) electrons. The first-order valence-corrected chi connectivity index (χ1v) is 7.78. The standard InChI is InChI=1S/C17H20N4O2/c1-12(19-17(23)15-7-8-16(22)20-15)14-9-18-21(11-14)10-13-5-3-2-4-6-13/h2-6,9,11-12,15H,7-8,10H2,1H3,(H,19,23)(H,20,22). The molecular weight excluding hydrogens is 292 g/mol. The first-order valence-electron chi connectivity index (χ1n) is 7.78. The maximum absolute atomic E-state index is 12.1. The van der Waals surface area contributed by atoms with Crippen molar-refractivity contribution >= 4 is 11.8 Å². The summed E-state index contributed by atoms with van der Waals surface area (Å²) in [5.41, 5.74) is 2.12. The molecule has 1 aliphatic rings. The van der Waals surface area contributed by atoms with Gasteiger partial charge in [0, 0.05) is 18.2 Å². The van der Waals surface area contributed by atoms with E-state index >= 15 is 0 Å². The van der Waals surface area contributed by atoms with Gasteiger partial charge in [0.2, 0.25) is 11.8 Å². The summed E-state index contributed by atoms with van der Waals surface area (Å²) in [6, 6.07) is 9.52. The lowest BCUT2D eigenvalue weighted by atomic mass is 10.1. The molecule has 1 saturated heterocycles. The van der Waals surface area contributed by atoms with Crippen molar-refractivity contribution in [3.05, 3.63) is 53.9 Å². The minimum absolute atomic E-state index is 0.0616. The SMILES string of the molecule is CC(NC(=O)C1CCC(=O)N1)c1cnn(Cc2ccccc2)c1. The maximum atomic E-state index is 12.1. The number of rotatable bonds is 5. The second-order valence-corrected chi connectivity index (χ2v) is 5.85. The van der Waals surface area contributed by atoms with E-state index in [0.717, 1.165) is 5.56 Å². The molecule has 0 aliphatic carbocycles. The van der Waals surface area contributed by atoms with Crippen molar-refractivity contribution in [1.82, 2.24) is 20.4 Å². The first kappa shape index (κ1) is 15.3. The summed E-state index contributed by atoms with van der Waals surface area (Å²) >= 11 is 0. The Kier molecular flexibility index (Phi) is 4.41. The lowest BCUT2D eigenvalue weighted by Crippen LogP contribution is -2.42. The van der Waals surface area contributed by atoms with Gasteiger partial charge in [0.25, 0.3) is 0 Å². The fraction of sp³-hybridized carbons (Fsp3) is 0.353. The molecule has 0 spiro atoms. The maximum Gasteiger partial charge on any atom is 0.243 e. The Morgan fingerprint density at radius 1 is 1.43 bits per heavy atom.